The highest BCUT2D eigenvalue weighted by Gasteiger charge is 2.26. The summed E-state index contributed by atoms with van der Waals surface area (Å²) in [5.74, 6) is -0.805. The number of amides is 2. The number of rotatable bonds is 6. The zero-order chi connectivity index (χ0) is 26.7. The van der Waals surface area contributed by atoms with E-state index in [0.29, 0.717) is 10.6 Å². The number of anilines is 2. The van der Waals surface area contributed by atoms with Crippen LogP contribution in [0.2, 0.25) is 10.0 Å². The molecule has 192 valence electrons. The van der Waals surface area contributed by atoms with Gasteiger partial charge in [0, 0.05) is 23.7 Å². The first-order chi connectivity index (χ1) is 17.7. The Morgan fingerprint density at radius 1 is 1.05 bits per heavy atom. The standard InChI is InChI=1S/C26H24Cl2FN5O3/c1-33-9-4-10-34(2)26(33)15-5-7-18(20(29)11-15)24(35)32-23-19(12-17(28)13-21(23)37-3)25(36)31-22-8-6-16(27)14-30-22/h5-8,11-14H,4,9-10H2,1-3H3,(H-,30,31,32,35,36)/p+1. The van der Waals surface area contributed by atoms with Crippen molar-refractivity contribution in [1.29, 1.82) is 0 Å². The third-order valence-electron chi connectivity index (χ3n) is 5.92. The summed E-state index contributed by atoms with van der Waals surface area (Å²) in [6.45, 7) is 1.71. The van der Waals surface area contributed by atoms with E-state index in [0.717, 1.165) is 25.3 Å². The molecule has 2 N–H and O–H groups in total. The van der Waals surface area contributed by atoms with Crippen LogP contribution in [0.5, 0.6) is 5.75 Å². The van der Waals surface area contributed by atoms with E-state index in [-0.39, 0.29) is 33.4 Å². The van der Waals surface area contributed by atoms with Crippen LogP contribution in [-0.4, -0.2) is 66.4 Å². The van der Waals surface area contributed by atoms with Crippen molar-refractivity contribution in [2.45, 2.75) is 6.42 Å². The predicted octanol–water partition coefficient (Wildman–Crippen LogP) is 4.77. The lowest BCUT2D eigenvalue weighted by Crippen LogP contribution is -2.41. The van der Waals surface area contributed by atoms with Crippen molar-refractivity contribution in [3.8, 4) is 5.75 Å². The Kier molecular flexibility index (Phi) is 7.94. The molecule has 2 amide bonds. The largest absolute Gasteiger partial charge is 0.494 e. The summed E-state index contributed by atoms with van der Waals surface area (Å²) in [6.07, 6.45) is 2.39. The number of ether oxygens (including phenoxy) is 1. The number of nitrogens with one attached hydrogen (secondary N) is 2. The maximum Gasteiger partial charge on any atom is 0.278 e. The van der Waals surface area contributed by atoms with Gasteiger partial charge in [-0.25, -0.2) is 9.37 Å². The molecule has 2 heterocycles. The Balaban J connectivity index is 1.64. The maximum atomic E-state index is 15.2. The highest BCUT2D eigenvalue weighted by Crippen LogP contribution is 2.33. The van der Waals surface area contributed by atoms with E-state index >= 15 is 4.39 Å². The fraction of sp³-hybridized carbons (Fsp3) is 0.231. The monoisotopic (exact) mass is 544 g/mol. The van der Waals surface area contributed by atoms with E-state index in [9.17, 15) is 9.59 Å². The van der Waals surface area contributed by atoms with Crippen molar-refractivity contribution in [3.05, 3.63) is 81.2 Å². The van der Waals surface area contributed by atoms with Crippen LogP contribution in [0.3, 0.4) is 0 Å². The molecule has 0 saturated heterocycles. The van der Waals surface area contributed by atoms with Gasteiger partial charge in [-0.1, -0.05) is 23.2 Å². The van der Waals surface area contributed by atoms with E-state index in [4.69, 9.17) is 27.9 Å². The van der Waals surface area contributed by atoms with E-state index < -0.39 is 17.6 Å². The second-order valence-corrected chi connectivity index (χ2v) is 9.39. The molecule has 0 unspecified atom stereocenters. The minimum absolute atomic E-state index is 0.00693. The molecule has 11 heteroatoms. The van der Waals surface area contributed by atoms with Gasteiger partial charge in [0.15, 0.2) is 0 Å². The van der Waals surface area contributed by atoms with E-state index in [1.807, 2.05) is 14.1 Å². The molecule has 0 bridgehead atoms. The summed E-state index contributed by atoms with van der Waals surface area (Å²) in [6, 6.07) is 10.4. The molecule has 0 spiro atoms. The van der Waals surface area contributed by atoms with Crippen LogP contribution in [0.4, 0.5) is 15.9 Å². The Labute approximate surface area is 223 Å². The first kappa shape index (κ1) is 26.4. The number of carbonyl (C=O) groups excluding carboxylic acids is 2. The molecular formula is C26H25Cl2FN5O3+. The molecule has 0 fully saturated rings. The predicted molar refractivity (Wildman–Crippen MR) is 142 cm³/mol. The Hall–Kier alpha value is -3.69. The van der Waals surface area contributed by atoms with E-state index in [2.05, 4.69) is 25.1 Å². The van der Waals surface area contributed by atoms with Crippen LogP contribution < -0.4 is 15.4 Å². The minimum Gasteiger partial charge on any atom is -0.494 e. The van der Waals surface area contributed by atoms with Crippen LogP contribution in [0.15, 0.2) is 48.7 Å². The maximum absolute atomic E-state index is 15.2. The van der Waals surface area contributed by atoms with Crippen LogP contribution in [0, 0.1) is 5.82 Å². The van der Waals surface area contributed by atoms with Crippen molar-refractivity contribution < 1.29 is 23.3 Å². The fourth-order valence-electron chi connectivity index (χ4n) is 4.19. The zero-order valence-electron chi connectivity index (χ0n) is 20.4. The molecule has 1 aliphatic rings. The number of benzene rings is 2. The van der Waals surface area contributed by atoms with E-state index in [1.165, 1.54) is 43.6 Å². The van der Waals surface area contributed by atoms with Gasteiger partial charge in [0.25, 0.3) is 17.6 Å². The number of halogens is 3. The average molecular weight is 545 g/mol. The number of hydrogen-bond acceptors (Lipinski definition) is 5. The molecule has 37 heavy (non-hydrogen) atoms. The molecule has 4 rings (SSSR count). The third kappa shape index (κ3) is 5.84. The van der Waals surface area contributed by atoms with Gasteiger partial charge in [-0.2, -0.15) is 0 Å². The lowest BCUT2D eigenvalue weighted by molar-refractivity contribution is -0.507. The molecule has 8 nitrogen and oxygen atoms in total. The van der Waals surface area contributed by atoms with Gasteiger partial charge in [0.05, 0.1) is 61.7 Å². The third-order valence-corrected chi connectivity index (χ3v) is 6.36. The number of hydrogen-bond donors (Lipinski definition) is 2. The van der Waals surface area contributed by atoms with Crippen LogP contribution in [-0.2, 0) is 0 Å². The van der Waals surface area contributed by atoms with Crippen LogP contribution in [0.1, 0.15) is 32.7 Å². The van der Waals surface area contributed by atoms with Gasteiger partial charge in [-0.3, -0.25) is 19.1 Å². The van der Waals surface area contributed by atoms with E-state index in [1.54, 1.807) is 12.1 Å². The molecule has 0 saturated carbocycles. The van der Waals surface area contributed by atoms with Gasteiger partial charge in [-0.05, 0) is 36.4 Å². The topological polar surface area (TPSA) is 86.6 Å². The smallest absolute Gasteiger partial charge is 0.278 e. The molecule has 1 aromatic heterocycles. The second-order valence-electron chi connectivity index (χ2n) is 8.52. The molecule has 2 aromatic carbocycles. The molecule has 1 aliphatic heterocycles. The van der Waals surface area contributed by atoms with Gasteiger partial charge in [0.1, 0.15) is 17.4 Å². The number of methoxy groups -OCH3 is 1. The number of nitrogens with zero attached hydrogens (tertiary/aromatic N) is 3. The first-order valence-electron chi connectivity index (χ1n) is 11.4. The van der Waals surface area contributed by atoms with Gasteiger partial charge >= 0.3 is 0 Å². The van der Waals surface area contributed by atoms with Crippen LogP contribution in [0.25, 0.3) is 0 Å². The lowest BCUT2D eigenvalue weighted by atomic mass is 10.1. The summed E-state index contributed by atoms with van der Waals surface area (Å²) in [7, 11) is 5.26. The van der Waals surface area contributed by atoms with Gasteiger partial charge in [-0.15, -0.1) is 0 Å². The summed E-state index contributed by atoms with van der Waals surface area (Å²) in [5.41, 5.74) is 0.520. The summed E-state index contributed by atoms with van der Waals surface area (Å²) in [5, 5.41) is 5.85. The summed E-state index contributed by atoms with van der Waals surface area (Å²) < 4.78 is 22.6. The van der Waals surface area contributed by atoms with Crippen LogP contribution >= 0.6 is 23.2 Å². The molecular weight excluding hydrogens is 520 g/mol. The minimum atomic E-state index is -0.751. The molecule has 3 aromatic rings. The lowest BCUT2D eigenvalue weighted by Gasteiger charge is -2.22. The molecule has 0 aliphatic carbocycles. The Bertz CT molecular complexity index is 1400. The first-order valence-corrected chi connectivity index (χ1v) is 12.1. The summed E-state index contributed by atoms with van der Waals surface area (Å²) >= 11 is 12.0. The van der Waals surface area contributed by atoms with Crippen molar-refractivity contribution >= 4 is 52.4 Å². The highest BCUT2D eigenvalue weighted by molar-refractivity contribution is 6.32. The number of carbonyl (C=O) groups is 2. The van der Waals surface area contributed by atoms with Crippen molar-refractivity contribution in [1.82, 2.24) is 9.88 Å². The number of pyridine rings is 1. The van der Waals surface area contributed by atoms with Gasteiger partial charge in [0.2, 0.25) is 0 Å². The average Bonchev–Trinajstić information content (AvgIpc) is 2.86. The zero-order valence-corrected chi connectivity index (χ0v) is 22.0. The fourth-order valence-corrected chi connectivity index (χ4v) is 4.51. The number of amidine groups is 1. The second kappa shape index (κ2) is 11.1. The normalized spacial score (nSPS) is 13.4. The van der Waals surface area contributed by atoms with Crippen molar-refractivity contribution in [3.63, 3.8) is 0 Å². The number of aromatic nitrogens is 1. The Morgan fingerprint density at radius 2 is 1.81 bits per heavy atom. The molecule has 0 atom stereocenters. The molecule has 0 radical (unpaired) electrons. The van der Waals surface area contributed by atoms with Gasteiger partial charge < -0.3 is 15.4 Å². The SMILES string of the molecule is COc1cc(Cl)cc(C(=O)Nc2ccc(Cl)cn2)c1NC(=O)c1ccc(C2=[N+](C)CCCN2C)cc1F. The Morgan fingerprint density at radius 3 is 2.46 bits per heavy atom. The highest BCUT2D eigenvalue weighted by atomic mass is 35.5. The van der Waals surface area contributed by atoms with Crippen molar-refractivity contribution in [2.75, 3.05) is 44.9 Å². The summed E-state index contributed by atoms with van der Waals surface area (Å²) in [4.78, 5) is 32.3. The quantitative estimate of drug-likeness (QED) is 0.436. The van der Waals surface area contributed by atoms with Crippen molar-refractivity contribution in [2.24, 2.45) is 0 Å².